The van der Waals surface area contributed by atoms with Gasteiger partial charge in [-0.2, -0.15) is 0 Å². The minimum absolute atomic E-state index is 0.112. The molecule has 0 aliphatic carbocycles. The third-order valence-electron chi connectivity index (χ3n) is 5.61. The number of carbonyl (C=O) groups excluding carboxylic acids is 3. The van der Waals surface area contributed by atoms with E-state index in [1.165, 1.54) is 54.0 Å². The molecule has 2 N–H and O–H groups in total. The molecule has 3 unspecified atom stereocenters. The van der Waals surface area contributed by atoms with Gasteiger partial charge in [-0.05, 0) is 41.5 Å². The first-order chi connectivity index (χ1) is 19.3. The first kappa shape index (κ1) is 31.3. The molecule has 2 aliphatic heterocycles. The minimum atomic E-state index is -1.41. The fourth-order valence-electron chi connectivity index (χ4n) is 3.60. The number of ether oxygens (including phenoxy) is 3. The Bertz CT molecular complexity index is 1170. The number of fused-ring (bicyclic) bond motifs is 1. The van der Waals surface area contributed by atoms with Crippen LogP contribution in [0.1, 0.15) is 22.8 Å². The molecule has 14 heteroatoms. The lowest BCUT2D eigenvalue weighted by Gasteiger charge is -2.22. The Labute approximate surface area is 248 Å². The zero-order valence-electron chi connectivity index (χ0n) is 21.6. The van der Waals surface area contributed by atoms with Gasteiger partial charge < -0.3 is 24.4 Å². The van der Waals surface area contributed by atoms with E-state index in [4.69, 9.17) is 24.0 Å². The Kier molecular flexibility index (Phi) is 12.2. The van der Waals surface area contributed by atoms with Crippen molar-refractivity contribution < 1.29 is 48.6 Å². The van der Waals surface area contributed by atoms with Crippen LogP contribution >= 0.6 is 47.0 Å². The van der Waals surface area contributed by atoms with Crippen LogP contribution in [-0.4, -0.2) is 92.0 Å². The fourth-order valence-corrected chi connectivity index (χ4v) is 8.71. The predicted octanol–water partition coefficient (Wildman–Crippen LogP) is 3.21. The van der Waals surface area contributed by atoms with E-state index in [9.17, 15) is 24.6 Å². The van der Waals surface area contributed by atoms with Crippen LogP contribution < -0.4 is 0 Å². The maximum atomic E-state index is 12.7. The quantitative estimate of drug-likeness (QED) is 0.110. The summed E-state index contributed by atoms with van der Waals surface area (Å²) in [6.07, 6.45) is -3.61. The summed E-state index contributed by atoms with van der Waals surface area (Å²) in [6, 6.07) is 10.4. The highest BCUT2D eigenvalue weighted by Crippen LogP contribution is 2.33. The number of hydrogen-bond acceptors (Lipinski definition) is 14. The number of thioether (sulfide) groups is 4. The van der Waals surface area contributed by atoms with Crippen molar-refractivity contribution in [2.75, 3.05) is 36.2 Å². The molecule has 218 valence electrons. The molecule has 2 heterocycles. The van der Waals surface area contributed by atoms with Crippen LogP contribution in [0.4, 0.5) is 0 Å². The molecule has 2 aromatic carbocycles. The van der Waals surface area contributed by atoms with E-state index in [-0.39, 0.29) is 35.9 Å². The summed E-state index contributed by atoms with van der Waals surface area (Å²) >= 11 is 5.98. The first-order valence-electron chi connectivity index (χ1n) is 12.5. The van der Waals surface area contributed by atoms with Crippen molar-refractivity contribution >= 4 is 75.7 Å². The van der Waals surface area contributed by atoms with Crippen molar-refractivity contribution in [1.29, 1.82) is 0 Å². The largest absolute Gasteiger partial charge is 0.461 e. The summed E-state index contributed by atoms with van der Waals surface area (Å²) in [4.78, 5) is 47.2. The first-order valence-corrected chi connectivity index (χ1v) is 16.7. The van der Waals surface area contributed by atoms with E-state index >= 15 is 0 Å². The molecule has 0 amide bonds. The molecule has 2 fully saturated rings. The molecular weight excluding hydrogens is 601 g/mol. The molecule has 4 rings (SSSR count). The number of benzene rings is 2. The van der Waals surface area contributed by atoms with Gasteiger partial charge in [-0.15, -0.1) is 47.0 Å². The summed E-state index contributed by atoms with van der Waals surface area (Å²) < 4.78 is 15.1. The van der Waals surface area contributed by atoms with Crippen molar-refractivity contribution in [1.82, 2.24) is 0 Å². The summed E-state index contributed by atoms with van der Waals surface area (Å²) in [5.41, 5.74) is 1.04. The van der Waals surface area contributed by atoms with Crippen molar-refractivity contribution in [3.05, 3.63) is 47.5 Å². The molecule has 10 nitrogen and oxygen atoms in total. The number of rotatable bonds is 13. The van der Waals surface area contributed by atoms with Gasteiger partial charge >= 0.3 is 17.9 Å². The van der Waals surface area contributed by atoms with Gasteiger partial charge in [0.1, 0.15) is 41.2 Å². The second-order valence-corrected chi connectivity index (χ2v) is 14.3. The summed E-state index contributed by atoms with van der Waals surface area (Å²) in [7, 11) is 0. The van der Waals surface area contributed by atoms with Gasteiger partial charge in [0, 0.05) is 23.0 Å². The molecule has 2 aliphatic rings. The zero-order chi connectivity index (χ0) is 28.5. The van der Waals surface area contributed by atoms with Crippen molar-refractivity contribution in [2.45, 2.75) is 41.2 Å². The van der Waals surface area contributed by atoms with Gasteiger partial charge in [-0.25, -0.2) is 24.2 Å². The molecule has 0 radical (unpaired) electrons. The van der Waals surface area contributed by atoms with Gasteiger partial charge in [0.15, 0.2) is 0 Å². The molecule has 0 aromatic heterocycles. The lowest BCUT2D eigenvalue weighted by Crippen LogP contribution is -2.35. The van der Waals surface area contributed by atoms with E-state index in [1.807, 2.05) is 6.07 Å². The smallest absolute Gasteiger partial charge is 0.341 e. The molecule has 2 aromatic rings. The molecule has 40 heavy (non-hydrogen) atoms. The average Bonchev–Trinajstić information content (AvgIpc) is 3.68. The van der Waals surface area contributed by atoms with Crippen LogP contribution in [0.5, 0.6) is 0 Å². The Hall–Kier alpha value is -1.65. The maximum absolute atomic E-state index is 12.7. The van der Waals surface area contributed by atoms with E-state index in [0.29, 0.717) is 0 Å². The average molecular weight is 631 g/mol. The monoisotopic (exact) mass is 630 g/mol. The SMILES string of the molecule is CC(O)C(OC(=O)c1ccc2cc(COOCC(O)COC(=O)C3SCCS3)ccc2c1)OC(=O)C1SCCS1. The number of carbonyl (C=O) groups is 3. The van der Waals surface area contributed by atoms with Crippen LogP contribution in [0.25, 0.3) is 10.8 Å². The Morgan fingerprint density at radius 3 is 2.12 bits per heavy atom. The van der Waals surface area contributed by atoms with Crippen LogP contribution in [0.15, 0.2) is 36.4 Å². The van der Waals surface area contributed by atoms with Gasteiger partial charge in [0.2, 0.25) is 0 Å². The maximum Gasteiger partial charge on any atom is 0.341 e. The van der Waals surface area contributed by atoms with E-state index in [1.54, 1.807) is 30.3 Å². The number of hydrogen-bond donors (Lipinski definition) is 2. The topological polar surface area (TPSA) is 138 Å². The van der Waals surface area contributed by atoms with Crippen LogP contribution in [0.3, 0.4) is 0 Å². The number of aliphatic hydroxyl groups excluding tert-OH is 2. The summed E-state index contributed by atoms with van der Waals surface area (Å²) in [6.45, 7) is 1.18. The molecule has 0 bridgehead atoms. The molecule has 3 atom stereocenters. The van der Waals surface area contributed by atoms with E-state index < -0.39 is 35.0 Å². The second-order valence-electron chi connectivity index (χ2n) is 8.83. The Balaban J connectivity index is 1.23. The van der Waals surface area contributed by atoms with Gasteiger partial charge in [-0.3, -0.25) is 0 Å². The van der Waals surface area contributed by atoms with E-state index in [0.717, 1.165) is 39.3 Å². The Morgan fingerprint density at radius 2 is 1.45 bits per heavy atom. The molecular formula is C26H30O10S4. The lowest BCUT2D eigenvalue weighted by molar-refractivity contribution is -0.315. The summed E-state index contributed by atoms with van der Waals surface area (Å²) in [5, 5.41) is 21.5. The van der Waals surface area contributed by atoms with Crippen molar-refractivity contribution in [3.63, 3.8) is 0 Å². The van der Waals surface area contributed by atoms with Gasteiger partial charge in [-0.1, -0.05) is 18.2 Å². The fraction of sp³-hybridized carbons (Fsp3) is 0.500. The van der Waals surface area contributed by atoms with Crippen molar-refractivity contribution in [3.8, 4) is 0 Å². The third-order valence-corrected chi connectivity index (χ3v) is 11.5. The standard InChI is InChI=1S/C26H30O10S4/c1-15(27)24(36-23(31)26-39-8-9-40-26)35-21(29)19-5-4-17-10-16(2-3-18(17)11-19)12-33-34-14-20(28)13-32-22(30)25-37-6-7-38-25/h2-5,10-11,15,20,24-28H,6-9,12-14H2,1H3. The second kappa shape index (κ2) is 15.5. The highest BCUT2D eigenvalue weighted by atomic mass is 32.2. The zero-order valence-corrected chi connectivity index (χ0v) is 24.9. The van der Waals surface area contributed by atoms with Gasteiger partial charge in [0.25, 0.3) is 6.29 Å². The van der Waals surface area contributed by atoms with Crippen LogP contribution in [-0.2, 0) is 40.2 Å². The van der Waals surface area contributed by atoms with Crippen molar-refractivity contribution in [2.24, 2.45) is 0 Å². The highest BCUT2D eigenvalue weighted by molar-refractivity contribution is 8.21. The van der Waals surface area contributed by atoms with Crippen LogP contribution in [0, 0.1) is 0 Å². The molecule has 0 saturated carbocycles. The van der Waals surface area contributed by atoms with Gasteiger partial charge in [0.05, 0.1) is 5.56 Å². The highest BCUT2D eigenvalue weighted by Gasteiger charge is 2.32. The molecule has 2 saturated heterocycles. The summed E-state index contributed by atoms with van der Waals surface area (Å²) in [5.74, 6) is 1.90. The van der Waals surface area contributed by atoms with Crippen LogP contribution in [0.2, 0.25) is 0 Å². The normalized spacial score (nSPS) is 18.4. The number of aliphatic hydroxyl groups is 2. The Morgan fingerprint density at radius 1 is 0.825 bits per heavy atom. The number of esters is 3. The predicted molar refractivity (Wildman–Crippen MR) is 156 cm³/mol. The molecule has 0 spiro atoms. The van der Waals surface area contributed by atoms with E-state index in [2.05, 4.69) is 0 Å². The minimum Gasteiger partial charge on any atom is -0.461 e. The third kappa shape index (κ3) is 9.18. The lowest BCUT2D eigenvalue weighted by atomic mass is 10.0.